The van der Waals surface area contributed by atoms with Gasteiger partial charge in [0, 0.05) is 31.7 Å². The number of carbonyl (C=O) groups excluding carboxylic acids is 1. The van der Waals surface area contributed by atoms with Gasteiger partial charge >= 0.3 is 5.97 Å². The molecule has 3 heterocycles. The normalized spacial score (nSPS) is 16.8. The van der Waals surface area contributed by atoms with Crippen LogP contribution >= 0.6 is 0 Å². The number of aryl methyl sites for hydroxylation is 2. The zero-order valence-electron chi connectivity index (χ0n) is 20.3. The molecule has 4 rings (SSSR count). The molecule has 0 bridgehead atoms. The predicted octanol–water partition coefficient (Wildman–Crippen LogP) is 4.41. The first-order valence-electron chi connectivity index (χ1n) is 12.5. The predicted molar refractivity (Wildman–Crippen MR) is 131 cm³/mol. The third-order valence-corrected chi connectivity index (χ3v) is 7.20. The summed E-state index contributed by atoms with van der Waals surface area (Å²) in [5.74, 6) is -0.123. The molecule has 2 aliphatic rings. The summed E-state index contributed by atoms with van der Waals surface area (Å²) in [5.41, 5.74) is 2.85. The van der Waals surface area contributed by atoms with Gasteiger partial charge in [0.05, 0.1) is 13.5 Å². The van der Waals surface area contributed by atoms with Crippen LogP contribution in [0.15, 0.2) is 30.3 Å². The number of hydrogen-bond acceptors (Lipinski definition) is 5. The van der Waals surface area contributed by atoms with Crippen molar-refractivity contribution < 1.29 is 23.8 Å². The number of aromatic nitrogens is 1. The van der Waals surface area contributed by atoms with Crippen LogP contribution in [-0.2, 0) is 22.4 Å². The molecule has 1 fully saturated rings. The topological polar surface area (TPSA) is 91.8 Å². The molecule has 7 nitrogen and oxygen atoms in total. The van der Waals surface area contributed by atoms with Gasteiger partial charge in [-0.25, -0.2) is 9.37 Å². The van der Waals surface area contributed by atoms with Crippen molar-refractivity contribution in [2.45, 2.75) is 57.3 Å². The smallest absolute Gasteiger partial charge is 0.303 e. The van der Waals surface area contributed by atoms with Gasteiger partial charge in [-0.3, -0.25) is 9.59 Å². The molecule has 2 aliphatic heterocycles. The van der Waals surface area contributed by atoms with Crippen molar-refractivity contribution in [3.8, 4) is 5.75 Å². The first kappa shape index (κ1) is 24.9. The highest BCUT2D eigenvalue weighted by atomic mass is 19.1. The van der Waals surface area contributed by atoms with Gasteiger partial charge in [-0.1, -0.05) is 12.1 Å². The number of carboxylic acids is 1. The van der Waals surface area contributed by atoms with Crippen LogP contribution < -0.4 is 10.1 Å². The van der Waals surface area contributed by atoms with Crippen molar-refractivity contribution >= 4 is 17.7 Å². The number of nitrogens with zero attached hydrogens (tertiary/aromatic N) is 2. The number of carbonyl (C=O) groups is 2. The Labute approximate surface area is 205 Å². The second-order valence-corrected chi connectivity index (χ2v) is 9.59. The molecule has 1 unspecified atom stereocenters. The SMILES string of the molecule is COc1ccc(C(CC(=O)O)CC2CCN(C(=O)CCc3ccc4c(n3)NCCC4)CC2)cc1F. The Kier molecular flexibility index (Phi) is 8.21. The zero-order valence-corrected chi connectivity index (χ0v) is 20.3. The average Bonchev–Trinajstić information content (AvgIpc) is 2.87. The highest BCUT2D eigenvalue weighted by Gasteiger charge is 2.27. The van der Waals surface area contributed by atoms with E-state index >= 15 is 0 Å². The molecule has 188 valence electrons. The van der Waals surface area contributed by atoms with Gasteiger partial charge in [0.15, 0.2) is 11.6 Å². The minimum atomic E-state index is -0.898. The van der Waals surface area contributed by atoms with Gasteiger partial charge in [-0.15, -0.1) is 0 Å². The number of halogens is 1. The number of benzene rings is 1. The van der Waals surface area contributed by atoms with Gasteiger partial charge in [-0.05, 0) is 79.7 Å². The van der Waals surface area contributed by atoms with E-state index in [1.807, 2.05) is 11.0 Å². The number of fused-ring (bicyclic) bond motifs is 1. The van der Waals surface area contributed by atoms with Gasteiger partial charge in [0.1, 0.15) is 5.82 Å². The maximum Gasteiger partial charge on any atom is 0.303 e. The zero-order chi connectivity index (χ0) is 24.8. The maximum absolute atomic E-state index is 14.2. The van der Waals surface area contributed by atoms with E-state index < -0.39 is 11.8 Å². The van der Waals surface area contributed by atoms with Crippen molar-refractivity contribution in [3.63, 3.8) is 0 Å². The van der Waals surface area contributed by atoms with Gasteiger partial charge < -0.3 is 20.1 Å². The number of pyridine rings is 1. The standard InChI is InChI=1S/C27H34FN3O4/c1-35-24-8-5-20(16-23(24)28)21(17-26(33)34)15-18-10-13-31(14-11-18)25(32)9-7-22-6-4-19-3-2-12-29-27(19)30-22/h4-6,8,16,18,21H,2-3,7,9-15,17H2,1H3,(H,29,30)(H,33,34). The molecule has 1 aromatic heterocycles. The molecular formula is C27H34FN3O4. The molecule has 0 spiro atoms. The fourth-order valence-corrected chi connectivity index (χ4v) is 5.21. The molecule has 0 saturated carbocycles. The summed E-state index contributed by atoms with van der Waals surface area (Å²) in [6.45, 7) is 2.27. The fraction of sp³-hybridized carbons (Fsp3) is 0.519. The van der Waals surface area contributed by atoms with Crippen molar-refractivity contribution in [1.29, 1.82) is 0 Å². The summed E-state index contributed by atoms with van der Waals surface area (Å²) in [5, 5.41) is 12.7. The second kappa shape index (κ2) is 11.5. The van der Waals surface area contributed by atoms with E-state index in [1.165, 1.54) is 18.7 Å². The monoisotopic (exact) mass is 483 g/mol. The van der Waals surface area contributed by atoms with Crippen molar-refractivity contribution in [1.82, 2.24) is 9.88 Å². The van der Waals surface area contributed by atoms with E-state index in [4.69, 9.17) is 4.74 Å². The minimum absolute atomic E-state index is 0.0481. The Balaban J connectivity index is 1.28. The molecule has 2 N–H and O–H groups in total. The molecule has 1 saturated heterocycles. The van der Waals surface area contributed by atoms with Gasteiger partial charge in [0.25, 0.3) is 0 Å². The number of anilines is 1. The molecule has 1 atom stereocenters. The van der Waals surface area contributed by atoms with E-state index in [2.05, 4.69) is 16.4 Å². The van der Waals surface area contributed by atoms with Crippen molar-refractivity contribution in [2.75, 3.05) is 32.1 Å². The number of methoxy groups -OCH3 is 1. The fourth-order valence-electron chi connectivity index (χ4n) is 5.21. The van der Waals surface area contributed by atoms with E-state index in [9.17, 15) is 19.1 Å². The number of hydrogen-bond donors (Lipinski definition) is 2. The largest absolute Gasteiger partial charge is 0.494 e. The second-order valence-electron chi connectivity index (χ2n) is 9.59. The molecule has 8 heteroatoms. The first-order valence-corrected chi connectivity index (χ1v) is 12.5. The highest BCUT2D eigenvalue weighted by Crippen LogP contribution is 2.34. The van der Waals surface area contributed by atoms with E-state index in [0.29, 0.717) is 43.8 Å². The highest BCUT2D eigenvalue weighted by molar-refractivity contribution is 5.76. The molecule has 0 aliphatic carbocycles. The molecule has 1 aromatic carbocycles. The Bertz CT molecular complexity index is 1050. The number of carboxylic acid groups (broad SMARTS) is 1. The lowest BCUT2D eigenvalue weighted by Gasteiger charge is -2.33. The number of aliphatic carboxylic acids is 1. The number of piperidine rings is 1. The summed E-state index contributed by atoms with van der Waals surface area (Å²) in [7, 11) is 1.41. The quantitative estimate of drug-likeness (QED) is 0.549. The van der Waals surface area contributed by atoms with Gasteiger partial charge in [-0.2, -0.15) is 0 Å². The van der Waals surface area contributed by atoms with Crippen LogP contribution in [0.3, 0.4) is 0 Å². The Morgan fingerprint density at radius 1 is 1.26 bits per heavy atom. The van der Waals surface area contributed by atoms with E-state index in [0.717, 1.165) is 43.7 Å². The maximum atomic E-state index is 14.2. The molecule has 2 aromatic rings. The number of likely N-dealkylation sites (tertiary alicyclic amines) is 1. The van der Waals surface area contributed by atoms with Crippen LogP contribution in [0, 0.1) is 11.7 Å². The van der Waals surface area contributed by atoms with Crippen LogP contribution in [0.25, 0.3) is 0 Å². The van der Waals surface area contributed by atoms with E-state index in [-0.39, 0.29) is 24.0 Å². The minimum Gasteiger partial charge on any atom is -0.494 e. The molecule has 35 heavy (non-hydrogen) atoms. The number of nitrogens with one attached hydrogen (secondary N) is 1. The summed E-state index contributed by atoms with van der Waals surface area (Å²) in [4.78, 5) is 30.9. The summed E-state index contributed by atoms with van der Waals surface area (Å²) in [6.07, 6.45) is 5.48. The van der Waals surface area contributed by atoms with Crippen molar-refractivity contribution in [2.24, 2.45) is 5.92 Å². The van der Waals surface area contributed by atoms with Crippen LogP contribution in [0.1, 0.15) is 61.3 Å². The third-order valence-electron chi connectivity index (χ3n) is 7.20. The lowest BCUT2D eigenvalue weighted by molar-refractivity contribution is -0.137. The molecule has 1 amide bonds. The summed E-state index contributed by atoms with van der Waals surface area (Å²) in [6, 6.07) is 8.82. The van der Waals surface area contributed by atoms with Crippen LogP contribution in [0.4, 0.5) is 10.2 Å². The van der Waals surface area contributed by atoms with Gasteiger partial charge in [0.2, 0.25) is 5.91 Å². The van der Waals surface area contributed by atoms with Crippen molar-refractivity contribution in [3.05, 3.63) is 53.0 Å². The van der Waals surface area contributed by atoms with E-state index in [1.54, 1.807) is 12.1 Å². The third kappa shape index (κ3) is 6.50. The lowest BCUT2D eigenvalue weighted by Crippen LogP contribution is -2.39. The number of rotatable bonds is 9. The Morgan fingerprint density at radius 2 is 2.06 bits per heavy atom. The van der Waals surface area contributed by atoms with Crippen LogP contribution in [0.2, 0.25) is 0 Å². The first-order chi connectivity index (χ1) is 16.9. The lowest BCUT2D eigenvalue weighted by atomic mass is 9.82. The number of ether oxygens (including phenoxy) is 1. The summed E-state index contributed by atoms with van der Waals surface area (Å²) < 4.78 is 19.2. The molecular weight excluding hydrogens is 449 g/mol. The van der Waals surface area contributed by atoms with Crippen LogP contribution in [-0.4, -0.2) is 53.6 Å². The average molecular weight is 484 g/mol. The Morgan fingerprint density at radius 3 is 2.77 bits per heavy atom. The molecule has 0 radical (unpaired) electrons. The van der Waals surface area contributed by atoms with Crippen LogP contribution in [0.5, 0.6) is 5.75 Å². The number of amides is 1. The Hall–Kier alpha value is -3.16. The summed E-state index contributed by atoms with van der Waals surface area (Å²) >= 11 is 0.